The minimum Gasteiger partial charge on any atom is -0.381 e. The van der Waals surface area contributed by atoms with Gasteiger partial charge in [0.05, 0.1) is 5.56 Å². The van der Waals surface area contributed by atoms with E-state index in [4.69, 9.17) is 5.26 Å². The molecule has 0 aliphatic heterocycles. The van der Waals surface area contributed by atoms with Crippen LogP contribution in [-0.2, 0) is 6.54 Å². The van der Waals surface area contributed by atoms with Crippen LogP contribution < -0.4 is 5.32 Å². The molecule has 2 rings (SSSR count). The van der Waals surface area contributed by atoms with E-state index >= 15 is 0 Å². The minimum atomic E-state index is -0.480. The Morgan fingerprint density at radius 3 is 2.74 bits per heavy atom. The minimum absolute atomic E-state index is 0.0758. The maximum Gasteiger partial charge on any atom is 0.140 e. The van der Waals surface area contributed by atoms with Crippen molar-refractivity contribution >= 4 is 21.6 Å². The molecule has 0 heterocycles. The number of anilines is 1. The molecule has 2 aromatic rings. The Balaban J connectivity index is 2.13. The van der Waals surface area contributed by atoms with Crippen LogP contribution in [0.1, 0.15) is 16.7 Å². The van der Waals surface area contributed by atoms with Gasteiger partial charge in [0.1, 0.15) is 11.9 Å². The molecule has 4 heteroatoms. The molecule has 0 amide bonds. The number of aryl methyl sites for hydroxylation is 1. The molecular weight excluding hydrogens is 307 g/mol. The highest BCUT2D eigenvalue weighted by atomic mass is 79.9. The molecule has 0 saturated carbocycles. The van der Waals surface area contributed by atoms with Gasteiger partial charge >= 0.3 is 0 Å². The molecule has 0 atom stereocenters. The zero-order valence-corrected chi connectivity index (χ0v) is 12.0. The number of nitriles is 1. The van der Waals surface area contributed by atoms with Crippen LogP contribution in [0.15, 0.2) is 40.9 Å². The van der Waals surface area contributed by atoms with Crippen molar-refractivity contribution in [1.82, 2.24) is 0 Å². The van der Waals surface area contributed by atoms with Gasteiger partial charge in [-0.1, -0.05) is 22.0 Å². The fourth-order valence-corrected chi connectivity index (χ4v) is 2.27. The summed E-state index contributed by atoms with van der Waals surface area (Å²) in [4.78, 5) is 0. The van der Waals surface area contributed by atoms with E-state index in [-0.39, 0.29) is 5.56 Å². The second-order valence-corrected chi connectivity index (χ2v) is 5.15. The van der Waals surface area contributed by atoms with Gasteiger partial charge in [-0.15, -0.1) is 0 Å². The van der Waals surface area contributed by atoms with E-state index in [1.54, 1.807) is 12.1 Å². The molecular formula is C15H12BrFN2. The average Bonchev–Trinajstić information content (AvgIpc) is 2.39. The van der Waals surface area contributed by atoms with E-state index in [0.29, 0.717) is 6.54 Å². The molecule has 2 nitrogen and oxygen atoms in total. The molecule has 96 valence electrons. The summed E-state index contributed by atoms with van der Waals surface area (Å²) in [5.41, 5.74) is 3.09. The Bertz CT molecular complexity index is 647. The average molecular weight is 319 g/mol. The van der Waals surface area contributed by atoms with Crippen LogP contribution in [0.25, 0.3) is 0 Å². The largest absolute Gasteiger partial charge is 0.381 e. The zero-order valence-electron chi connectivity index (χ0n) is 10.4. The van der Waals surface area contributed by atoms with Gasteiger partial charge in [0.15, 0.2) is 0 Å². The quantitative estimate of drug-likeness (QED) is 0.911. The molecule has 0 aliphatic rings. The van der Waals surface area contributed by atoms with Crippen molar-refractivity contribution in [2.45, 2.75) is 13.5 Å². The first-order valence-electron chi connectivity index (χ1n) is 5.78. The van der Waals surface area contributed by atoms with Crippen molar-refractivity contribution in [2.24, 2.45) is 0 Å². The van der Waals surface area contributed by atoms with Gasteiger partial charge in [-0.3, -0.25) is 0 Å². The summed E-state index contributed by atoms with van der Waals surface area (Å²) in [7, 11) is 0. The Morgan fingerprint density at radius 1 is 1.26 bits per heavy atom. The fraction of sp³-hybridized carbons (Fsp3) is 0.133. The third-order valence-electron chi connectivity index (χ3n) is 2.82. The van der Waals surface area contributed by atoms with Crippen molar-refractivity contribution in [2.75, 3.05) is 5.32 Å². The smallest absolute Gasteiger partial charge is 0.140 e. The van der Waals surface area contributed by atoms with E-state index in [1.807, 2.05) is 31.2 Å². The molecule has 0 radical (unpaired) electrons. The maximum absolute atomic E-state index is 13.2. The predicted molar refractivity (Wildman–Crippen MR) is 77.3 cm³/mol. The first kappa shape index (κ1) is 13.6. The second-order valence-electron chi connectivity index (χ2n) is 4.24. The van der Waals surface area contributed by atoms with Gasteiger partial charge in [-0.2, -0.15) is 5.26 Å². The third-order valence-corrected chi connectivity index (χ3v) is 3.32. The first-order chi connectivity index (χ1) is 9.10. The summed E-state index contributed by atoms with van der Waals surface area (Å²) in [5.74, 6) is -0.480. The summed E-state index contributed by atoms with van der Waals surface area (Å²) in [5, 5.41) is 12.1. The lowest BCUT2D eigenvalue weighted by atomic mass is 10.1. The fourth-order valence-electron chi connectivity index (χ4n) is 1.79. The van der Waals surface area contributed by atoms with Gasteiger partial charge in [0.25, 0.3) is 0 Å². The van der Waals surface area contributed by atoms with Crippen LogP contribution in [0.5, 0.6) is 0 Å². The summed E-state index contributed by atoms with van der Waals surface area (Å²) < 4.78 is 14.2. The van der Waals surface area contributed by atoms with Gasteiger partial charge in [-0.25, -0.2) is 4.39 Å². The monoisotopic (exact) mass is 318 g/mol. The lowest BCUT2D eigenvalue weighted by Gasteiger charge is -2.10. The maximum atomic E-state index is 13.2. The number of hydrogen-bond acceptors (Lipinski definition) is 2. The molecule has 1 N–H and O–H groups in total. The van der Waals surface area contributed by atoms with E-state index in [1.165, 1.54) is 6.07 Å². The molecule has 0 unspecified atom stereocenters. The molecule has 0 aliphatic carbocycles. The Labute approximate surface area is 120 Å². The lowest BCUT2D eigenvalue weighted by molar-refractivity contribution is 0.623. The first-order valence-corrected chi connectivity index (χ1v) is 6.58. The van der Waals surface area contributed by atoms with Gasteiger partial charge in [0, 0.05) is 16.7 Å². The van der Waals surface area contributed by atoms with Crippen molar-refractivity contribution < 1.29 is 4.39 Å². The highest BCUT2D eigenvalue weighted by molar-refractivity contribution is 9.10. The molecule has 0 fully saturated rings. The molecule has 0 aromatic heterocycles. The van der Waals surface area contributed by atoms with E-state index in [2.05, 4.69) is 21.2 Å². The summed E-state index contributed by atoms with van der Waals surface area (Å²) in [6.45, 7) is 2.57. The lowest BCUT2D eigenvalue weighted by Crippen LogP contribution is -2.01. The van der Waals surface area contributed by atoms with Crippen LogP contribution in [0.2, 0.25) is 0 Å². The highest BCUT2D eigenvalue weighted by Crippen LogP contribution is 2.21. The van der Waals surface area contributed by atoms with Gasteiger partial charge in [-0.05, 0) is 48.4 Å². The standard InChI is InChI=1S/C15H12BrFN2/c1-10-6-13(16)3-5-15(10)19-9-11-2-4-14(17)12(7-11)8-18/h2-7,19H,9H2,1H3. The normalized spacial score (nSPS) is 10.0. The molecule has 0 saturated heterocycles. The van der Waals surface area contributed by atoms with Crippen molar-refractivity contribution in [3.63, 3.8) is 0 Å². The Hall–Kier alpha value is -1.86. The highest BCUT2D eigenvalue weighted by Gasteiger charge is 2.03. The Morgan fingerprint density at radius 2 is 2.05 bits per heavy atom. The molecule has 0 spiro atoms. The van der Waals surface area contributed by atoms with E-state index < -0.39 is 5.82 Å². The number of nitrogens with one attached hydrogen (secondary N) is 1. The van der Waals surface area contributed by atoms with Crippen LogP contribution >= 0.6 is 15.9 Å². The van der Waals surface area contributed by atoms with Crippen LogP contribution in [0, 0.1) is 24.1 Å². The number of rotatable bonds is 3. The summed E-state index contributed by atoms with van der Waals surface area (Å²) in [6, 6.07) is 12.4. The number of benzene rings is 2. The van der Waals surface area contributed by atoms with E-state index in [0.717, 1.165) is 21.3 Å². The van der Waals surface area contributed by atoms with Crippen LogP contribution in [0.4, 0.5) is 10.1 Å². The predicted octanol–water partition coefficient (Wildman–Crippen LogP) is 4.38. The number of hydrogen-bond donors (Lipinski definition) is 1. The van der Waals surface area contributed by atoms with Gasteiger partial charge < -0.3 is 5.32 Å². The molecule has 0 bridgehead atoms. The van der Waals surface area contributed by atoms with Crippen molar-refractivity contribution in [3.8, 4) is 6.07 Å². The molecule has 2 aromatic carbocycles. The third kappa shape index (κ3) is 3.33. The SMILES string of the molecule is Cc1cc(Br)ccc1NCc1ccc(F)c(C#N)c1. The van der Waals surface area contributed by atoms with Gasteiger partial charge in [0.2, 0.25) is 0 Å². The second kappa shape index (κ2) is 5.85. The topological polar surface area (TPSA) is 35.8 Å². The summed E-state index contributed by atoms with van der Waals surface area (Å²) in [6.07, 6.45) is 0. The van der Waals surface area contributed by atoms with Crippen molar-refractivity contribution in [1.29, 1.82) is 5.26 Å². The summed E-state index contributed by atoms with van der Waals surface area (Å²) >= 11 is 3.41. The number of nitrogens with zero attached hydrogens (tertiary/aromatic N) is 1. The van der Waals surface area contributed by atoms with Crippen LogP contribution in [-0.4, -0.2) is 0 Å². The molecule has 19 heavy (non-hydrogen) atoms. The van der Waals surface area contributed by atoms with Crippen LogP contribution in [0.3, 0.4) is 0 Å². The Kier molecular flexibility index (Phi) is 4.18. The van der Waals surface area contributed by atoms with E-state index in [9.17, 15) is 4.39 Å². The van der Waals surface area contributed by atoms with Crippen molar-refractivity contribution in [3.05, 3.63) is 63.4 Å². The number of halogens is 2. The zero-order chi connectivity index (χ0) is 13.8.